The van der Waals surface area contributed by atoms with Crippen molar-refractivity contribution in [2.75, 3.05) is 62.5 Å². The van der Waals surface area contributed by atoms with Gasteiger partial charge in [-0.15, -0.1) is 0 Å². The fraction of sp³-hybridized carbons (Fsp3) is 0.277. The molecule has 7 aromatic carbocycles. The fourth-order valence-corrected chi connectivity index (χ4v) is 17.6. The molecule has 0 fully saturated rings. The maximum absolute atomic E-state index is 6.28. The van der Waals surface area contributed by atoms with Crippen LogP contribution in [-0.4, -0.2) is 105 Å². The molecule has 5 atom stereocenters. The van der Waals surface area contributed by atoms with Gasteiger partial charge in [-0.1, -0.05) is 107 Å². The van der Waals surface area contributed by atoms with Crippen molar-refractivity contribution in [2.45, 2.75) is 163 Å². The first-order valence-electron chi connectivity index (χ1n) is 40.7. The molecule has 0 radical (unpaired) electrons. The molecule has 0 amide bonds. The Morgan fingerprint density at radius 3 is 0.876 bits per heavy atom. The van der Waals surface area contributed by atoms with Gasteiger partial charge in [-0.2, -0.15) is 0 Å². The lowest BCUT2D eigenvalue weighted by atomic mass is 10.1. The number of furan rings is 5. The molecule has 0 bridgehead atoms. The molecule has 10 aromatic heterocycles. The average molecular weight is 1620 g/mol. The van der Waals surface area contributed by atoms with Crippen molar-refractivity contribution >= 4 is 162 Å². The van der Waals surface area contributed by atoms with Gasteiger partial charge in [0.1, 0.15) is 30.8 Å². The zero-order valence-corrected chi connectivity index (χ0v) is 70.5. The first-order valence-corrected chi connectivity index (χ1v) is 40.7. The van der Waals surface area contributed by atoms with E-state index in [1.807, 2.05) is 51.1 Å². The average Bonchev–Trinajstić information content (AvgIpc) is 1.58. The van der Waals surface area contributed by atoms with Crippen molar-refractivity contribution in [1.29, 1.82) is 0 Å². The predicted molar refractivity (Wildman–Crippen MR) is 504 cm³/mol. The van der Waals surface area contributed by atoms with Crippen LogP contribution in [0.25, 0.3) is 110 Å². The number of anilines is 9. The smallest absolute Gasteiger partial charge is 0.227 e. The first-order chi connectivity index (χ1) is 56.9. The lowest BCUT2D eigenvalue weighted by Crippen LogP contribution is -2.39. The summed E-state index contributed by atoms with van der Waals surface area (Å²) in [5.41, 5.74) is 27.6. The van der Waals surface area contributed by atoms with Crippen LogP contribution in [0.3, 0.4) is 0 Å². The number of benzene rings is 7. The molecule has 20 nitrogen and oxygen atoms in total. The summed E-state index contributed by atoms with van der Waals surface area (Å²) in [7, 11) is 8.44. The highest BCUT2D eigenvalue weighted by molar-refractivity contribution is 6.14. The standard InChI is InChI=1S/C22H21N3O.C21H19N3O.C20H23N3O.C18H19N3O.C17H17N3O.3CH4/c1-13-9-11-16-17-12-10-14(2)23-22(17)26-21(16)20(13)25-15(3)24(4)18-7-5-6-8-19(18)25;1-13-10-11-15-16-7-6-12-22-21(16)25-20(15)19(13)24-14(2)23(3)17-8-4-5-9-18(17)24;1-12(2)22-10-11-23(15(22)5)18-13(3)6-8-16-17-9-7-14(4)21-20(17)24-19(16)18;1-11-5-7-14-15-8-6-12(2)19-18(15)22-17(14)16(11)21-10-9-20(4)13(21)3;1-11-6-7-13-14-5-4-8-18-17(14)21-16(13)15(11)20-10-9-19(3)12(20)2;;;/h5-12,15H,1-4H3;4-12,14H,1-3H3;6-12,15H,1-5H3;5-10,13H,1-4H3;4-10,12H,1-3H3;3*1H4. The molecule has 0 spiro atoms. The number of aryl methyl sites for hydroxylation is 8. The van der Waals surface area contributed by atoms with Crippen LogP contribution in [0.4, 0.5) is 51.2 Å². The normalized spacial score (nSPS) is 17.1. The summed E-state index contributed by atoms with van der Waals surface area (Å²) in [4.78, 5) is 45.3. The maximum atomic E-state index is 6.28. The molecule has 0 aliphatic carbocycles. The van der Waals surface area contributed by atoms with Crippen LogP contribution in [-0.2, 0) is 0 Å². The molecule has 0 N–H and O–H groups in total. The molecule has 22 rings (SSSR count). The third kappa shape index (κ3) is 13.9. The summed E-state index contributed by atoms with van der Waals surface area (Å²) in [6, 6.07) is 59.5. The quantitative estimate of drug-likeness (QED) is 0.154. The van der Waals surface area contributed by atoms with Crippen LogP contribution in [0.5, 0.6) is 0 Å². The number of hydrogen-bond donors (Lipinski definition) is 0. The molecule has 5 unspecified atom stereocenters. The predicted octanol–water partition coefficient (Wildman–Crippen LogP) is 25.6. The Kier molecular flexibility index (Phi) is 22.1. The number of aromatic nitrogens is 5. The van der Waals surface area contributed by atoms with Gasteiger partial charge in [0, 0.05) is 155 Å². The number of nitrogens with zero attached hydrogens (tertiary/aromatic N) is 15. The second kappa shape index (κ2) is 32.3. The van der Waals surface area contributed by atoms with E-state index in [1.165, 1.54) is 50.6 Å². The molecular weight excluding hydrogens is 1500 g/mol. The Morgan fingerprint density at radius 1 is 0.281 bits per heavy atom. The molecule has 121 heavy (non-hydrogen) atoms. The second-order valence-electron chi connectivity index (χ2n) is 32.3. The van der Waals surface area contributed by atoms with Gasteiger partial charge < -0.3 is 71.1 Å². The topological polar surface area (TPSA) is 163 Å². The monoisotopic (exact) mass is 1610 g/mol. The highest BCUT2D eigenvalue weighted by Crippen LogP contribution is 2.51. The summed E-state index contributed by atoms with van der Waals surface area (Å²) >= 11 is 0. The van der Waals surface area contributed by atoms with E-state index in [1.54, 1.807) is 12.4 Å². The lowest BCUT2D eigenvalue weighted by molar-refractivity contribution is 0.263. The highest BCUT2D eigenvalue weighted by atomic mass is 16.4. The minimum absolute atomic E-state index is 0. The van der Waals surface area contributed by atoms with Crippen molar-refractivity contribution in [2.24, 2.45) is 0 Å². The van der Waals surface area contributed by atoms with E-state index in [-0.39, 0.29) is 53.1 Å². The Morgan fingerprint density at radius 2 is 0.562 bits per heavy atom. The van der Waals surface area contributed by atoms with E-state index < -0.39 is 0 Å². The first kappa shape index (κ1) is 82.6. The Labute approximate surface area is 709 Å². The van der Waals surface area contributed by atoms with Gasteiger partial charge in [0.15, 0.2) is 27.9 Å². The third-order valence-corrected chi connectivity index (χ3v) is 24.6. The molecular formula is C101H111N15O5. The Hall–Kier alpha value is -13.5. The van der Waals surface area contributed by atoms with E-state index >= 15 is 0 Å². The minimum Gasteiger partial charge on any atom is -0.435 e. The van der Waals surface area contributed by atoms with Crippen LogP contribution in [0, 0.1) is 55.4 Å². The van der Waals surface area contributed by atoms with Gasteiger partial charge in [0.25, 0.3) is 0 Å². The summed E-state index contributed by atoms with van der Waals surface area (Å²) in [5, 5.41) is 11.0. The maximum Gasteiger partial charge on any atom is 0.227 e. The lowest BCUT2D eigenvalue weighted by Gasteiger charge is -2.33. The Balaban J connectivity index is 0.000000117. The van der Waals surface area contributed by atoms with Gasteiger partial charge in [0.2, 0.25) is 28.6 Å². The summed E-state index contributed by atoms with van der Waals surface area (Å²) < 4.78 is 30.9. The molecule has 0 saturated carbocycles. The van der Waals surface area contributed by atoms with Crippen LogP contribution in [0.2, 0.25) is 0 Å². The number of hydrogen-bond acceptors (Lipinski definition) is 20. The van der Waals surface area contributed by atoms with Gasteiger partial charge in [-0.3, -0.25) is 0 Å². The van der Waals surface area contributed by atoms with E-state index in [9.17, 15) is 0 Å². The number of para-hydroxylation sites is 4. The largest absolute Gasteiger partial charge is 0.435 e. The summed E-state index contributed by atoms with van der Waals surface area (Å²) in [6.07, 6.45) is 17.5. The van der Waals surface area contributed by atoms with Gasteiger partial charge in [0.05, 0.1) is 51.2 Å². The van der Waals surface area contributed by atoms with Crippen LogP contribution in [0.1, 0.15) is 116 Å². The van der Waals surface area contributed by atoms with Crippen molar-refractivity contribution in [3.63, 3.8) is 0 Å². The van der Waals surface area contributed by atoms with E-state index in [4.69, 9.17) is 22.1 Å². The van der Waals surface area contributed by atoms with Crippen molar-refractivity contribution in [3.8, 4) is 0 Å². The van der Waals surface area contributed by atoms with Crippen LogP contribution in [0.15, 0.2) is 242 Å². The molecule has 17 aromatic rings. The summed E-state index contributed by atoms with van der Waals surface area (Å²) in [5.74, 6) is 0. The number of pyridine rings is 5. The van der Waals surface area contributed by atoms with E-state index in [2.05, 4.69) is 362 Å². The van der Waals surface area contributed by atoms with E-state index in [0.29, 0.717) is 34.6 Å². The van der Waals surface area contributed by atoms with Crippen LogP contribution >= 0.6 is 0 Å². The SMILES string of the molecule is C.C.C.Cc1ccc2c(n1)oc1c(N3C=CN(C(C)C)C3C)c(C)ccc12.Cc1ccc2c(n1)oc1c(N3C=CN(C)C3C)c(C)ccc12.Cc1ccc2c(n1)oc1c(N3c4ccccc4N(C)C3C)c(C)ccc12.Cc1ccc2c(oc3ncccc32)c1N1C=CN(C)C1C.Cc1ccc2c(oc3ncccc32)c1N1c2ccccc2N(C)C1C. The molecule has 620 valence electrons. The third-order valence-electron chi connectivity index (χ3n) is 24.6. The molecule has 15 heterocycles. The van der Waals surface area contributed by atoms with Gasteiger partial charge >= 0.3 is 0 Å². The van der Waals surface area contributed by atoms with Gasteiger partial charge in [-0.25, -0.2) is 24.9 Å². The molecule has 5 aliphatic rings. The minimum atomic E-state index is 0. The van der Waals surface area contributed by atoms with Crippen molar-refractivity contribution in [1.82, 2.24) is 39.6 Å². The van der Waals surface area contributed by atoms with E-state index in [0.717, 1.165) is 127 Å². The number of rotatable bonds is 6. The van der Waals surface area contributed by atoms with Crippen molar-refractivity contribution < 1.29 is 22.1 Å². The van der Waals surface area contributed by atoms with Crippen LogP contribution < -0.4 is 34.3 Å². The zero-order valence-electron chi connectivity index (χ0n) is 70.5. The fourth-order valence-electron chi connectivity index (χ4n) is 17.6. The zero-order chi connectivity index (χ0) is 82.1. The highest BCUT2D eigenvalue weighted by Gasteiger charge is 2.37. The molecule has 5 aliphatic heterocycles. The summed E-state index contributed by atoms with van der Waals surface area (Å²) in [6.45, 7) is 32.1. The van der Waals surface area contributed by atoms with Gasteiger partial charge in [-0.05, 0) is 217 Å². The second-order valence-corrected chi connectivity index (χ2v) is 32.3. The molecule has 20 heteroatoms. The molecule has 0 saturated heterocycles. The van der Waals surface area contributed by atoms with Crippen molar-refractivity contribution in [3.05, 3.63) is 264 Å². The number of fused-ring (bicyclic) bond motifs is 17. The Bertz CT molecular complexity index is 6900.